The van der Waals surface area contributed by atoms with E-state index >= 15 is 0 Å². The van der Waals surface area contributed by atoms with Gasteiger partial charge in [0.2, 0.25) is 11.8 Å². The van der Waals surface area contributed by atoms with E-state index in [1.165, 1.54) is 49.6 Å². The number of amides is 2. The standard InChI is InChI=1S/C19H16ClFN2O4/c1-27-19(26)10-2-7-15(20)16(8-10)23-18(25)14-9-13(14)17(24)22-12-5-3-11(21)4-6-12/h2-8,13-14H,9H2,1H3,(H,22,24)(H,23,25). The van der Waals surface area contributed by atoms with Gasteiger partial charge in [-0.25, -0.2) is 9.18 Å². The topological polar surface area (TPSA) is 84.5 Å². The highest BCUT2D eigenvalue weighted by atomic mass is 35.5. The summed E-state index contributed by atoms with van der Waals surface area (Å²) in [5, 5.41) is 5.56. The molecule has 1 aliphatic rings. The van der Waals surface area contributed by atoms with Crippen LogP contribution in [0.2, 0.25) is 5.02 Å². The van der Waals surface area contributed by atoms with Crippen molar-refractivity contribution in [2.75, 3.05) is 17.7 Å². The molecule has 0 spiro atoms. The molecule has 6 nitrogen and oxygen atoms in total. The number of nitrogens with one attached hydrogen (secondary N) is 2. The van der Waals surface area contributed by atoms with Crippen LogP contribution in [0.1, 0.15) is 16.8 Å². The van der Waals surface area contributed by atoms with E-state index in [0.29, 0.717) is 12.1 Å². The van der Waals surface area contributed by atoms with Gasteiger partial charge in [-0.05, 0) is 48.9 Å². The number of esters is 1. The first kappa shape index (κ1) is 18.8. The second kappa shape index (κ2) is 7.75. The third kappa shape index (κ3) is 4.43. The Labute approximate surface area is 159 Å². The Morgan fingerprint density at radius 1 is 1.04 bits per heavy atom. The Kier molecular flexibility index (Phi) is 5.41. The fourth-order valence-electron chi connectivity index (χ4n) is 2.63. The van der Waals surface area contributed by atoms with Gasteiger partial charge in [0.1, 0.15) is 5.82 Å². The second-order valence-electron chi connectivity index (χ2n) is 6.12. The van der Waals surface area contributed by atoms with E-state index < -0.39 is 23.6 Å². The maximum atomic E-state index is 12.9. The number of carbonyl (C=O) groups is 3. The van der Waals surface area contributed by atoms with E-state index in [4.69, 9.17) is 11.6 Å². The van der Waals surface area contributed by atoms with Gasteiger partial charge in [-0.1, -0.05) is 11.6 Å². The molecule has 8 heteroatoms. The summed E-state index contributed by atoms with van der Waals surface area (Å²) in [7, 11) is 1.25. The maximum absolute atomic E-state index is 12.9. The number of hydrogen-bond acceptors (Lipinski definition) is 4. The molecule has 0 radical (unpaired) electrons. The van der Waals surface area contributed by atoms with E-state index in [2.05, 4.69) is 15.4 Å². The molecule has 27 heavy (non-hydrogen) atoms. The van der Waals surface area contributed by atoms with Gasteiger partial charge < -0.3 is 15.4 Å². The van der Waals surface area contributed by atoms with Crippen LogP contribution in [0.5, 0.6) is 0 Å². The number of carbonyl (C=O) groups excluding carboxylic acids is 3. The lowest BCUT2D eigenvalue weighted by molar-refractivity contribution is -0.122. The SMILES string of the molecule is COC(=O)c1ccc(Cl)c(NC(=O)C2CC2C(=O)Nc2ccc(F)cc2)c1. The number of methoxy groups -OCH3 is 1. The van der Waals surface area contributed by atoms with Crippen molar-refractivity contribution in [1.29, 1.82) is 0 Å². The van der Waals surface area contributed by atoms with Crippen molar-refractivity contribution in [3.05, 3.63) is 58.9 Å². The fraction of sp³-hybridized carbons (Fsp3) is 0.211. The monoisotopic (exact) mass is 390 g/mol. The van der Waals surface area contributed by atoms with Gasteiger partial charge in [-0.15, -0.1) is 0 Å². The van der Waals surface area contributed by atoms with Crippen LogP contribution in [-0.2, 0) is 14.3 Å². The molecule has 2 unspecified atom stereocenters. The van der Waals surface area contributed by atoms with Gasteiger partial charge in [0.05, 0.1) is 35.2 Å². The van der Waals surface area contributed by atoms with E-state index in [1.54, 1.807) is 0 Å². The Morgan fingerprint density at radius 2 is 1.67 bits per heavy atom. The fourth-order valence-corrected chi connectivity index (χ4v) is 2.80. The largest absolute Gasteiger partial charge is 0.465 e. The third-order valence-corrected chi connectivity index (χ3v) is 4.55. The molecule has 2 aromatic carbocycles. The minimum absolute atomic E-state index is 0.249. The summed E-state index contributed by atoms with van der Waals surface area (Å²) in [6.07, 6.45) is 0.396. The van der Waals surface area contributed by atoms with Crippen LogP contribution in [-0.4, -0.2) is 24.9 Å². The van der Waals surface area contributed by atoms with Crippen molar-refractivity contribution in [2.24, 2.45) is 11.8 Å². The molecule has 0 aliphatic heterocycles. The summed E-state index contributed by atoms with van der Waals surface area (Å²) in [6.45, 7) is 0. The van der Waals surface area contributed by atoms with Crippen molar-refractivity contribution >= 4 is 40.8 Å². The second-order valence-corrected chi connectivity index (χ2v) is 6.53. The zero-order chi connectivity index (χ0) is 19.6. The minimum Gasteiger partial charge on any atom is -0.465 e. The Bertz CT molecular complexity index is 901. The summed E-state index contributed by atoms with van der Waals surface area (Å²) >= 11 is 6.06. The molecule has 0 aromatic heterocycles. The van der Waals surface area contributed by atoms with Crippen LogP contribution in [0.25, 0.3) is 0 Å². The normalized spacial score (nSPS) is 17.7. The number of hydrogen-bond donors (Lipinski definition) is 2. The van der Waals surface area contributed by atoms with E-state index in [9.17, 15) is 18.8 Å². The predicted molar refractivity (Wildman–Crippen MR) is 98.0 cm³/mol. The summed E-state index contributed by atoms with van der Waals surface area (Å²) in [5.41, 5.74) is 0.981. The predicted octanol–water partition coefficient (Wildman–Crippen LogP) is 3.48. The quantitative estimate of drug-likeness (QED) is 0.765. The molecule has 1 aliphatic carbocycles. The highest BCUT2D eigenvalue weighted by Gasteiger charge is 2.48. The molecule has 2 aromatic rings. The molecule has 0 heterocycles. The molecule has 1 fully saturated rings. The van der Waals surface area contributed by atoms with Gasteiger partial charge in [0.25, 0.3) is 0 Å². The molecule has 0 saturated heterocycles. The highest BCUT2D eigenvalue weighted by Crippen LogP contribution is 2.40. The lowest BCUT2D eigenvalue weighted by atomic mass is 10.2. The lowest BCUT2D eigenvalue weighted by Gasteiger charge is -2.09. The van der Waals surface area contributed by atoms with Crippen LogP contribution < -0.4 is 10.6 Å². The number of benzene rings is 2. The average molecular weight is 391 g/mol. The zero-order valence-corrected chi connectivity index (χ0v) is 15.0. The molecule has 3 rings (SSSR count). The van der Waals surface area contributed by atoms with Crippen LogP contribution in [0.15, 0.2) is 42.5 Å². The smallest absolute Gasteiger partial charge is 0.337 e. The molecule has 2 atom stereocenters. The molecule has 2 amide bonds. The summed E-state index contributed by atoms with van der Waals surface area (Å²) in [4.78, 5) is 36.2. The summed E-state index contributed by atoms with van der Waals surface area (Å²) in [5.74, 6) is -2.59. The molecule has 140 valence electrons. The van der Waals surface area contributed by atoms with Gasteiger partial charge >= 0.3 is 5.97 Å². The number of rotatable bonds is 5. The average Bonchev–Trinajstić information content (AvgIpc) is 3.46. The lowest BCUT2D eigenvalue weighted by Crippen LogP contribution is -2.21. The summed E-state index contributed by atoms with van der Waals surface area (Å²) in [6, 6.07) is 9.76. The first-order valence-electron chi connectivity index (χ1n) is 8.14. The van der Waals surface area contributed by atoms with E-state index in [0.717, 1.165) is 0 Å². The number of ether oxygens (including phenoxy) is 1. The number of anilines is 2. The van der Waals surface area contributed by atoms with Gasteiger partial charge in [-0.2, -0.15) is 0 Å². The Morgan fingerprint density at radius 3 is 2.30 bits per heavy atom. The van der Waals surface area contributed by atoms with Gasteiger partial charge in [-0.3, -0.25) is 9.59 Å². The third-order valence-electron chi connectivity index (χ3n) is 4.22. The Hall–Kier alpha value is -2.93. The molecular formula is C19H16ClFN2O4. The van der Waals surface area contributed by atoms with Crippen molar-refractivity contribution < 1.29 is 23.5 Å². The first-order chi connectivity index (χ1) is 12.9. The van der Waals surface area contributed by atoms with Gasteiger partial charge in [0, 0.05) is 5.69 Å². The maximum Gasteiger partial charge on any atom is 0.337 e. The van der Waals surface area contributed by atoms with E-state index in [-0.39, 0.29) is 28.1 Å². The first-order valence-corrected chi connectivity index (χ1v) is 8.52. The molecule has 1 saturated carbocycles. The van der Waals surface area contributed by atoms with Crippen molar-refractivity contribution in [3.8, 4) is 0 Å². The van der Waals surface area contributed by atoms with Crippen molar-refractivity contribution in [1.82, 2.24) is 0 Å². The zero-order valence-electron chi connectivity index (χ0n) is 14.3. The highest BCUT2D eigenvalue weighted by molar-refractivity contribution is 6.34. The van der Waals surface area contributed by atoms with Crippen LogP contribution in [0, 0.1) is 17.7 Å². The minimum atomic E-state index is -0.551. The molecule has 2 N–H and O–H groups in total. The molecule has 0 bridgehead atoms. The van der Waals surface area contributed by atoms with Crippen LogP contribution in [0.4, 0.5) is 15.8 Å². The molecular weight excluding hydrogens is 375 g/mol. The van der Waals surface area contributed by atoms with Crippen LogP contribution in [0.3, 0.4) is 0 Å². The summed E-state index contributed by atoms with van der Waals surface area (Å²) < 4.78 is 17.5. The number of halogens is 2. The van der Waals surface area contributed by atoms with Crippen molar-refractivity contribution in [3.63, 3.8) is 0 Å². The van der Waals surface area contributed by atoms with E-state index in [1.807, 2.05) is 0 Å². The van der Waals surface area contributed by atoms with Crippen molar-refractivity contribution in [2.45, 2.75) is 6.42 Å². The van der Waals surface area contributed by atoms with Gasteiger partial charge in [0.15, 0.2) is 0 Å². The Balaban J connectivity index is 1.61. The van der Waals surface area contributed by atoms with Crippen LogP contribution >= 0.6 is 11.6 Å².